The van der Waals surface area contributed by atoms with E-state index >= 15 is 0 Å². The molecular weight excluding hydrogens is 404 g/mol. The molecule has 0 radical (unpaired) electrons. The first-order valence-electron chi connectivity index (χ1n) is 12.3. The van der Waals surface area contributed by atoms with Gasteiger partial charge in [-0.1, -0.05) is 96.3 Å². The molecule has 1 rings (SSSR count). The van der Waals surface area contributed by atoms with E-state index in [1.54, 1.807) is 24.3 Å². The summed E-state index contributed by atoms with van der Waals surface area (Å²) in [6, 6.07) is 6.98. The summed E-state index contributed by atoms with van der Waals surface area (Å²) >= 11 is 0. The summed E-state index contributed by atoms with van der Waals surface area (Å²) in [5, 5.41) is 20.3. The van der Waals surface area contributed by atoms with Crippen LogP contribution in [0.4, 0.5) is 0 Å². The Bertz CT molecular complexity index is 668. The number of unbranched alkanes of at least 4 members (excludes halogenated alkanes) is 11. The highest BCUT2D eigenvalue weighted by Gasteiger charge is 2.30. The van der Waals surface area contributed by atoms with Gasteiger partial charge in [-0.2, -0.15) is 0 Å². The summed E-state index contributed by atoms with van der Waals surface area (Å²) in [6.45, 7) is 8.57. The third kappa shape index (κ3) is 11.7. The van der Waals surface area contributed by atoms with E-state index in [2.05, 4.69) is 13.5 Å². The number of carbonyl (C=O) groups is 1. The van der Waals surface area contributed by atoms with Crippen LogP contribution in [0.25, 0.3) is 5.76 Å². The second kappa shape index (κ2) is 15.9. The average molecular weight is 449 g/mol. The molecule has 0 saturated carbocycles. The summed E-state index contributed by atoms with van der Waals surface area (Å²) in [5.74, 6) is -1.97. The average Bonchev–Trinajstić information content (AvgIpc) is 2.74. The molecule has 0 amide bonds. The van der Waals surface area contributed by atoms with Crippen molar-refractivity contribution in [1.29, 1.82) is 0 Å². The Balaban J connectivity index is 2.27. The number of aliphatic hydroxyl groups excluding tert-OH is 1. The normalized spacial score (nSPS) is 13.9. The first-order chi connectivity index (χ1) is 15.3. The van der Waals surface area contributed by atoms with Crippen molar-refractivity contribution in [3.8, 4) is 5.75 Å². The van der Waals surface area contributed by atoms with E-state index in [0.29, 0.717) is 17.7 Å². The first kappa shape index (κ1) is 28.2. The number of aliphatic hydroxyl groups is 2. The summed E-state index contributed by atoms with van der Waals surface area (Å²) in [5.41, 5.74) is 0.489. The summed E-state index contributed by atoms with van der Waals surface area (Å²) in [4.78, 5) is 11.5. The lowest BCUT2D eigenvalue weighted by Crippen LogP contribution is -2.35. The van der Waals surface area contributed by atoms with E-state index in [9.17, 15) is 15.0 Å². The fourth-order valence-corrected chi connectivity index (χ4v) is 3.53. The third-order valence-corrected chi connectivity index (χ3v) is 5.73. The minimum absolute atomic E-state index is 0.110. The topological polar surface area (TPSA) is 76.0 Å². The molecule has 1 aromatic rings. The van der Waals surface area contributed by atoms with Gasteiger partial charge in [-0.15, -0.1) is 0 Å². The van der Waals surface area contributed by atoms with Crippen LogP contribution in [0.15, 0.2) is 30.8 Å². The Labute approximate surface area is 194 Å². The van der Waals surface area contributed by atoms with Crippen molar-refractivity contribution >= 4 is 11.5 Å². The molecule has 0 bridgehead atoms. The van der Waals surface area contributed by atoms with Gasteiger partial charge in [-0.05, 0) is 18.6 Å². The highest BCUT2D eigenvalue weighted by Crippen LogP contribution is 2.29. The number of ether oxygens (including phenoxy) is 2. The van der Waals surface area contributed by atoms with E-state index in [0.717, 1.165) is 12.8 Å². The van der Waals surface area contributed by atoms with Gasteiger partial charge in [0.1, 0.15) is 11.5 Å². The van der Waals surface area contributed by atoms with Gasteiger partial charge in [-0.25, -0.2) is 0 Å². The van der Waals surface area contributed by atoms with Crippen molar-refractivity contribution in [1.82, 2.24) is 0 Å². The summed E-state index contributed by atoms with van der Waals surface area (Å²) in [7, 11) is 0. The molecule has 0 aliphatic carbocycles. The van der Waals surface area contributed by atoms with Gasteiger partial charge in [0, 0.05) is 20.3 Å². The van der Waals surface area contributed by atoms with Crippen LogP contribution in [0.1, 0.15) is 110 Å². The maximum atomic E-state index is 11.5. The Hall–Kier alpha value is -1.85. The highest BCUT2D eigenvalue weighted by atomic mass is 16.6. The van der Waals surface area contributed by atoms with Gasteiger partial charge in [0.25, 0.3) is 5.79 Å². The number of carbonyl (C=O) groups excluding carboxylic acids is 1. The van der Waals surface area contributed by atoms with E-state index in [1.165, 1.54) is 78.1 Å². The number of hydrogen-bond donors (Lipinski definition) is 2. The SMILES string of the molecule is C=C(OC(C)(O)C(C)=O)c1ccccc1OC(O)CCCCCCCCCCCCCC. The summed E-state index contributed by atoms with van der Waals surface area (Å²) < 4.78 is 11.0. The fourth-order valence-electron chi connectivity index (χ4n) is 3.53. The predicted molar refractivity (Wildman–Crippen MR) is 130 cm³/mol. The summed E-state index contributed by atoms with van der Waals surface area (Å²) in [6.07, 6.45) is 14.8. The van der Waals surface area contributed by atoms with Crippen LogP contribution < -0.4 is 4.74 Å². The van der Waals surface area contributed by atoms with Crippen LogP contribution in [0.2, 0.25) is 0 Å². The molecule has 2 atom stereocenters. The molecule has 182 valence electrons. The van der Waals surface area contributed by atoms with Crippen molar-refractivity contribution in [3.63, 3.8) is 0 Å². The Morgan fingerprint density at radius 2 is 1.47 bits per heavy atom. The van der Waals surface area contributed by atoms with Crippen molar-refractivity contribution < 1.29 is 24.5 Å². The van der Waals surface area contributed by atoms with Crippen LogP contribution in [0.5, 0.6) is 5.75 Å². The molecule has 2 unspecified atom stereocenters. The Morgan fingerprint density at radius 1 is 0.969 bits per heavy atom. The third-order valence-electron chi connectivity index (χ3n) is 5.73. The molecule has 2 N–H and O–H groups in total. The van der Waals surface area contributed by atoms with Crippen LogP contribution in [-0.4, -0.2) is 28.1 Å². The van der Waals surface area contributed by atoms with E-state index in [4.69, 9.17) is 9.47 Å². The van der Waals surface area contributed by atoms with Gasteiger partial charge in [0.2, 0.25) is 5.78 Å². The maximum Gasteiger partial charge on any atom is 0.264 e. The van der Waals surface area contributed by atoms with E-state index in [1.807, 2.05) is 0 Å². The molecule has 0 fully saturated rings. The lowest BCUT2D eigenvalue weighted by molar-refractivity contribution is -0.171. The van der Waals surface area contributed by atoms with Crippen molar-refractivity contribution in [2.75, 3.05) is 0 Å². The number of rotatable bonds is 19. The molecule has 0 aliphatic heterocycles. The molecule has 5 nitrogen and oxygen atoms in total. The van der Waals surface area contributed by atoms with Crippen LogP contribution in [-0.2, 0) is 9.53 Å². The first-order valence-corrected chi connectivity index (χ1v) is 12.3. The standard InChI is InChI=1S/C27H44O5/c1-5-6-7-8-9-10-11-12-13-14-15-16-21-26(29)31-25-20-18-17-19-24(25)22(2)32-27(4,30)23(3)28/h17-20,26,29-30H,2,5-16,21H2,1,3-4H3. The number of para-hydroxylation sites is 1. The van der Waals surface area contributed by atoms with Crippen molar-refractivity contribution in [3.05, 3.63) is 36.4 Å². The molecule has 0 spiro atoms. The second-order valence-electron chi connectivity index (χ2n) is 8.81. The monoisotopic (exact) mass is 448 g/mol. The van der Waals surface area contributed by atoms with Crippen molar-refractivity contribution in [2.24, 2.45) is 0 Å². The predicted octanol–water partition coefficient (Wildman–Crippen LogP) is 6.76. The zero-order chi connectivity index (χ0) is 23.8. The van der Waals surface area contributed by atoms with E-state index in [-0.39, 0.29) is 5.76 Å². The zero-order valence-electron chi connectivity index (χ0n) is 20.4. The van der Waals surface area contributed by atoms with Crippen LogP contribution >= 0.6 is 0 Å². The maximum absolute atomic E-state index is 11.5. The van der Waals surface area contributed by atoms with Gasteiger partial charge in [0.05, 0.1) is 5.56 Å². The lowest BCUT2D eigenvalue weighted by Gasteiger charge is -2.24. The second-order valence-corrected chi connectivity index (χ2v) is 8.81. The lowest BCUT2D eigenvalue weighted by atomic mass is 10.0. The Morgan fingerprint density at radius 3 is 2.00 bits per heavy atom. The molecule has 5 heteroatoms. The Kier molecular flexibility index (Phi) is 14.0. The molecule has 1 aromatic carbocycles. The smallest absolute Gasteiger partial charge is 0.264 e. The number of Topliss-reactive ketones (excluding diaryl/α,β-unsaturated/α-hetero) is 1. The van der Waals surface area contributed by atoms with Crippen LogP contribution in [0, 0.1) is 0 Å². The zero-order valence-corrected chi connectivity index (χ0v) is 20.4. The molecule has 32 heavy (non-hydrogen) atoms. The molecule has 0 aromatic heterocycles. The quantitative estimate of drug-likeness (QED) is 0.139. The van der Waals surface area contributed by atoms with Gasteiger partial charge in [0.15, 0.2) is 6.29 Å². The van der Waals surface area contributed by atoms with Crippen molar-refractivity contribution in [2.45, 2.75) is 116 Å². The minimum atomic E-state index is -1.96. The number of benzene rings is 1. The van der Waals surface area contributed by atoms with Gasteiger partial charge >= 0.3 is 0 Å². The number of ketones is 1. The fraction of sp³-hybridized carbons (Fsp3) is 0.667. The minimum Gasteiger partial charge on any atom is -0.464 e. The molecule has 0 heterocycles. The molecule has 0 aliphatic rings. The van der Waals surface area contributed by atoms with Gasteiger partial charge < -0.3 is 19.7 Å². The highest BCUT2D eigenvalue weighted by molar-refractivity contribution is 5.83. The molecular formula is C27H44O5. The molecule has 0 saturated heterocycles. The van der Waals surface area contributed by atoms with E-state index < -0.39 is 17.9 Å². The largest absolute Gasteiger partial charge is 0.464 e. The van der Waals surface area contributed by atoms with Crippen LogP contribution in [0.3, 0.4) is 0 Å². The number of hydrogen-bond acceptors (Lipinski definition) is 5. The van der Waals surface area contributed by atoms with Gasteiger partial charge in [-0.3, -0.25) is 4.79 Å².